The van der Waals surface area contributed by atoms with Crippen molar-refractivity contribution in [2.75, 3.05) is 5.32 Å². The van der Waals surface area contributed by atoms with E-state index in [2.05, 4.69) is 10.3 Å². The van der Waals surface area contributed by atoms with Crippen molar-refractivity contribution in [3.05, 3.63) is 57.2 Å². The number of nitrogens with one attached hydrogen (secondary N) is 1. The van der Waals surface area contributed by atoms with Gasteiger partial charge in [-0.15, -0.1) is 0 Å². The number of anilines is 2. The fraction of sp³-hybridized carbons (Fsp3) is 0.0833. The molecule has 0 unspecified atom stereocenters. The van der Waals surface area contributed by atoms with Crippen LogP contribution in [0.3, 0.4) is 0 Å². The molecule has 2 aromatic rings. The van der Waals surface area contributed by atoms with Gasteiger partial charge in [0.25, 0.3) is 5.69 Å². The lowest BCUT2D eigenvalue weighted by molar-refractivity contribution is -0.384. The Labute approximate surface area is 109 Å². The summed E-state index contributed by atoms with van der Waals surface area (Å²) in [5, 5.41) is 14.3. The Kier molecular flexibility index (Phi) is 3.43. The van der Waals surface area contributed by atoms with E-state index in [9.17, 15) is 10.1 Å². The van der Waals surface area contributed by atoms with Gasteiger partial charge in [0.05, 0.1) is 11.0 Å². The fourth-order valence-electron chi connectivity index (χ4n) is 1.47. The van der Waals surface area contributed by atoms with Crippen molar-refractivity contribution < 1.29 is 4.92 Å². The summed E-state index contributed by atoms with van der Waals surface area (Å²) in [4.78, 5) is 14.2. The second kappa shape index (κ2) is 5.01. The van der Waals surface area contributed by atoms with Crippen LogP contribution < -0.4 is 5.32 Å². The van der Waals surface area contributed by atoms with Crippen molar-refractivity contribution in [2.45, 2.75) is 6.92 Å². The normalized spacial score (nSPS) is 10.1. The zero-order chi connectivity index (χ0) is 13.1. The minimum absolute atomic E-state index is 0.00724. The van der Waals surface area contributed by atoms with Crippen LogP contribution >= 0.6 is 11.6 Å². The van der Waals surface area contributed by atoms with E-state index in [0.29, 0.717) is 10.8 Å². The van der Waals surface area contributed by atoms with E-state index in [1.54, 1.807) is 12.1 Å². The molecule has 0 aliphatic carbocycles. The number of halogens is 1. The van der Waals surface area contributed by atoms with Gasteiger partial charge in [-0.05, 0) is 24.6 Å². The van der Waals surface area contributed by atoms with Gasteiger partial charge in [0.15, 0.2) is 0 Å². The third kappa shape index (κ3) is 2.75. The second-order valence-electron chi connectivity index (χ2n) is 3.74. The molecule has 1 aromatic carbocycles. The molecule has 0 saturated carbocycles. The lowest BCUT2D eigenvalue weighted by Crippen LogP contribution is -1.97. The van der Waals surface area contributed by atoms with Gasteiger partial charge < -0.3 is 5.32 Å². The van der Waals surface area contributed by atoms with Crippen molar-refractivity contribution in [1.82, 2.24) is 4.98 Å². The highest BCUT2D eigenvalue weighted by Crippen LogP contribution is 2.24. The van der Waals surface area contributed by atoms with E-state index >= 15 is 0 Å². The molecule has 0 spiro atoms. The van der Waals surface area contributed by atoms with Crippen LogP contribution in [0.25, 0.3) is 0 Å². The zero-order valence-electron chi connectivity index (χ0n) is 9.55. The first kappa shape index (κ1) is 12.3. The van der Waals surface area contributed by atoms with E-state index in [1.807, 2.05) is 13.0 Å². The number of aromatic nitrogens is 1. The monoisotopic (exact) mass is 263 g/mol. The summed E-state index contributed by atoms with van der Waals surface area (Å²) in [6.07, 6.45) is 1.39. The predicted molar refractivity (Wildman–Crippen MR) is 70.4 cm³/mol. The largest absolute Gasteiger partial charge is 0.340 e. The van der Waals surface area contributed by atoms with Crippen LogP contribution in [0.5, 0.6) is 0 Å². The maximum absolute atomic E-state index is 10.7. The maximum atomic E-state index is 10.7. The van der Waals surface area contributed by atoms with Crippen molar-refractivity contribution in [1.29, 1.82) is 0 Å². The Hall–Kier alpha value is -2.14. The quantitative estimate of drug-likeness (QED) is 0.677. The number of aryl methyl sites for hydroxylation is 1. The third-order valence-electron chi connectivity index (χ3n) is 2.42. The van der Waals surface area contributed by atoms with Crippen LogP contribution in [0.4, 0.5) is 17.2 Å². The number of hydrogen-bond donors (Lipinski definition) is 1. The van der Waals surface area contributed by atoms with Crippen molar-refractivity contribution in [3.63, 3.8) is 0 Å². The summed E-state index contributed by atoms with van der Waals surface area (Å²) in [7, 11) is 0. The van der Waals surface area contributed by atoms with Crippen LogP contribution in [-0.4, -0.2) is 9.91 Å². The molecule has 0 radical (unpaired) electrons. The van der Waals surface area contributed by atoms with Crippen LogP contribution in [0.15, 0.2) is 36.5 Å². The molecule has 0 amide bonds. The molecule has 0 aliphatic rings. The van der Waals surface area contributed by atoms with Gasteiger partial charge in [0, 0.05) is 23.0 Å². The second-order valence-corrected chi connectivity index (χ2v) is 4.18. The SMILES string of the molecule is Cc1ccc(Cl)cc1Nc1cc([N+](=O)[O-])ccn1. The Morgan fingerprint density at radius 3 is 2.83 bits per heavy atom. The number of pyridine rings is 1. The lowest BCUT2D eigenvalue weighted by atomic mass is 10.2. The molecular formula is C12H10ClN3O2. The molecular weight excluding hydrogens is 254 g/mol. The summed E-state index contributed by atoms with van der Waals surface area (Å²) in [5.41, 5.74) is 1.75. The molecule has 0 atom stereocenters. The minimum Gasteiger partial charge on any atom is -0.340 e. The molecule has 1 heterocycles. The van der Waals surface area contributed by atoms with Crippen molar-refractivity contribution in [3.8, 4) is 0 Å². The highest BCUT2D eigenvalue weighted by Gasteiger charge is 2.07. The van der Waals surface area contributed by atoms with Gasteiger partial charge >= 0.3 is 0 Å². The first-order chi connectivity index (χ1) is 8.56. The van der Waals surface area contributed by atoms with E-state index in [-0.39, 0.29) is 5.69 Å². The standard InChI is InChI=1S/C12H10ClN3O2/c1-8-2-3-9(13)6-11(8)15-12-7-10(16(17)18)4-5-14-12/h2-7H,1H3,(H,14,15). The van der Waals surface area contributed by atoms with Gasteiger partial charge in [0.2, 0.25) is 0 Å². The van der Waals surface area contributed by atoms with Crippen LogP contribution in [-0.2, 0) is 0 Å². The average Bonchev–Trinajstić information content (AvgIpc) is 2.34. The number of hydrogen-bond acceptors (Lipinski definition) is 4. The molecule has 0 saturated heterocycles. The van der Waals surface area contributed by atoms with E-state index in [0.717, 1.165) is 11.3 Å². The first-order valence-electron chi connectivity index (χ1n) is 5.20. The molecule has 0 aliphatic heterocycles. The highest BCUT2D eigenvalue weighted by molar-refractivity contribution is 6.30. The molecule has 6 heteroatoms. The third-order valence-corrected chi connectivity index (χ3v) is 2.65. The summed E-state index contributed by atoms with van der Waals surface area (Å²) in [5.74, 6) is 0.412. The summed E-state index contributed by atoms with van der Waals surface area (Å²) in [6.45, 7) is 1.91. The van der Waals surface area contributed by atoms with Gasteiger partial charge in [-0.2, -0.15) is 0 Å². The molecule has 18 heavy (non-hydrogen) atoms. The Morgan fingerprint density at radius 1 is 1.33 bits per heavy atom. The number of rotatable bonds is 3. The van der Waals surface area contributed by atoms with E-state index in [1.165, 1.54) is 18.3 Å². The van der Waals surface area contributed by atoms with Crippen molar-refractivity contribution in [2.24, 2.45) is 0 Å². The zero-order valence-corrected chi connectivity index (χ0v) is 10.3. The number of nitro groups is 1. The van der Waals surface area contributed by atoms with Crippen LogP contribution in [0, 0.1) is 17.0 Å². The van der Waals surface area contributed by atoms with Crippen molar-refractivity contribution >= 4 is 28.8 Å². The van der Waals surface area contributed by atoms with Gasteiger partial charge in [-0.3, -0.25) is 10.1 Å². The molecule has 2 rings (SSSR count). The molecule has 5 nitrogen and oxygen atoms in total. The molecule has 92 valence electrons. The Balaban J connectivity index is 2.31. The van der Waals surface area contributed by atoms with Crippen LogP contribution in [0.1, 0.15) is 5.56 Å². The summed E-state index contributed by atoms with van der Waals surface area (Å²) >= 11 is 5.90. The minimum atomic E-state index is -0.461. The molecule has 1 aromatic heterocycles. The van der Waals surface area contributed by atoms with Gasteiger partial charge in [0.1, 0.15) is 5.82 Å². The number of nitrogens with zero attached hydrogens (tertiary/aromatic N) is 2. The Bertz CT molecular complexity index is 602. The molecule has 0 bridgehead atoms. The fourth-order valence-corrected chi connectivity index (χ4v) is 1.64. The molecule has 0 fully saturated rings. The summed E-state index contributed by atoms with van der Waals surface area (Å²) < 4.78 is 0. The highest BCUT2D eigenvalue weighted by atomic mass is 35.5. The van der Waals surface area contributed by atoms with E-state index in [4.69, 9.17) is 11.6 Å². The number of benzene rings is 1. The average molecular weight is 264 g/mol. The van der Waals surface area contributed by atoms with Crippen LogP contribution in [0.2, 0.25) is 5.02 Å². The topological polar surface area (TPSA) is 68.1 Å². The van der Waals surface area contributed by atoms with Gasteiger partial charge in [-0.1, -0.05) is 17.7 Å². The Morgan fingerprint density at radius 2 is 2.11 bits per heavy atom. The predicted octanol–water partition coefficient (Wildman–Crippen LogP) is 3.70. The molecule has 1 N–H and O–H groups in total. The smallest absolute Gasteiger partial charge is 0.274 e. The lowest BCUT2D eigenvalue weighted by Gasteiger charge is -2.08. The first-order valence-corrected chi connectivity index (χ1v) is 5.57. The van der Waals surface area contributed by atoms with E-state index < -0.39 is 4.92 Å². The maximum Gasteiger partial charge on any atom is 0.274 e. The van der Waals surface area contributed by atoms with Gasteiger partial charge in [-0.25, -0.2) is 4.98 Å². The summed E-state index contributed by atoms with van der Waals surface area (Å²) in [6, 6.07) is 8.11.